The lowest BCUT2D eigenvalue weighted by Gasteiger charge is -2.34. The van der Waals surface area contributed by atoms with Crippen molar-refractivity contribution in [2.45, 2.75) is 142 Å². The van der Waals surface area contributed by atoms with Crippen LogP contribution in [0.25, 0.3) is 22.3 Å². The second kappa shape index (κ2) is 39.0. The first-order chi connectivity index (χ1) is 51.0. The van der Waals surface area contributed by atoms with Crippen LogP contribution in [-0.2, 0) is 81.6 Å². The van der Waals surface area contributed by atoms with E-state index >= 15 is 0 Å². The number of carbonyl (C=O) groups excluding carboxylic acids is 6. The number of aliphatic carboxylic acids is 2. The van der Waals surface area contributed by atoms with Crippen LogP contribution < -0.4 is 43.4 Å². The fraction of sp³-hybridized carbons (Fsp3) is 0.455. The molecule has 107 heavy (non-hydrogen) atoms. The summed E-state index contributed by atoms with van der Waals surface area (Å²) in [6.45, 7) is 16.0. The van der Waals surface area contributed by atoms with Crippen LogP contribution in [0.3, 0.4) is 0 Å². The Hall–Kier alpha value is -11.6. The number of aromatic hydroxyl groups is 2. The molecular formula is C66H90N24O15Si2. The molecule has 0 saturated heterocycles. The lowest BCUT2D eigenvalue weighted by molar-refractivity contribution is -0.140. The minimum absolute atomic E-state index is 0.0173. The first-order valence-corrected chi connectivity index (χ1v) is 40.7. The Morgan fingerprint density at radius 2 is 0.916 bits per heavy atom. The van der Waals surface area contributed by atoms with E-state index in [-0.39, 0.29) is 109 Å². The van der Waals surface area contributed by atoms with Gasteiger partial charge in [0.05, 0.1) is 88.7 Å². The van der Waals surface area contributed by atoms with Crippen LogP contribution in [-0.4, -0.2) is 229 Å². The van der Waals surface area contributed by atoms with Crippen molar-refractivity contribution in [1.82, 2.24) is 101 Å². The van der Waals surface area contributed by atoms with Gasteiger partial charge in [-0.3, -0.25) is 38.1 Å². The molecule has 6 aromatic heterocycles. The van der Waals surface area contributed by atoms with Gasteiger partial charge < -0.3 is 87.2 Å². The first-order valence-electron chi connectivity index (χ1n) is 34.4. The number of carbonyl (C=O) groups is 8. The van der Waals surface area contributed by atoms with Gasteiger partial charge in [-0.25, -0.2) is 29.5 Å². The number of hydrogen-bond donors (Lipinski definition) is 12. The van der Waals surface area contributed by atoms with E-state index in [1.165, 1.54) is 50.5 Å². The highest BCUT2D eigenvalue weighted by atomic mass is 28.4. The molecule has 2 atom stereocenters. The van der Waals surface area contributed by atoms with Crippen LogP contribution in [0.5, 0.6) is 11.8 Å². The molecular weight excluding hydrogens is 1430 g/mol. The molecule has 8 rings (SSSR count). The Labute approximate surface area is 616 Å². The average Bonchev–Trinajstić information content (AvgIpc) is 0.900. The summed E-state index contributed by atoms with van der Waals surface area (Å²) in [7, 11) is -4.11. The zero-order valence-electron chi connectivity index (χ0n) is 60.2. The van der Waals surface area contributed by atoms with Crippen LogP contribution in [0.2, 0.25) is 38.3 Å². The molecule has 6 amide bonds. The van der Waals surface area contributed by atoms with Crippen molar-refractivity contribution < 1.29 is 72.4 Å². The van der Waals surface area contributed by atoms with Crippen LogP contribution in [0.1, 0.15) is 95.9 Å². The molecule has 0 radical (unpaired) electrons. The Morgan fingerprint density at radius 3 is 1.29 bits per heavy atom. The van der Waals surface area contributed by atoms with Gasteiger partial charge in [-0.2, -0.15) is 19.9 Å². The Morgan fingerprint density at radius 1 is 0.523 bits per heavy atom. The summed E-state index contributed by atoms with van der Waals surface area (Å²) >= 11 is 0. The Bertz CT molecular complexity index is 4110. The molecule has 14 N–H and O–H groups in total. The molecule has 8 aromatic rings. The minimum atomic E-state index is -2.06. The monoisotopic (exact) mass is 1510 g/mol. The number of carboxylic acid groups (broad SMARTS) is 2. The van der Waals surface area contributed by atoms with Gasteiger partial charge >= 0.3 is 11.9 Å². The van der Waals surface area contributed by atoms with Gasteiger partial charge in [0.15, 0.2) is 39.0 Å². The van der Waals surface area contributed by atoms with Gasteiger partial charge in [-0.1, -0.05) is 10.4 Å². The number of nitrogens with two attached hydrogens (primary N) is 2. The molecule has 0 aliphatic heterocycles. The zero-order chi connectivity index (χ0) is 77.2. The summed E-state index contributed by atoms with van der Waals surface area (Å²) in [6.07, 6.45) is 7.05. The summed E-state index contributed by atoms with van der Waals surface area (Å²) in [5.74, 6) is -6.16. The summed E-state index contributed by atoms with van der Waals surface area (Å²) in [4.78, 5) is 136. The number of nitrogens with zero attached hydrogens (tertiary/aromatic N) is 16. The first kappa shape index (κ1) is 81.1. The highest BCUT2D eigenvalue weighted by Crippen LogP contribution is 2.25. The maximum atomic E-state index is 13.0. The standard InChI is InChI=1S/C66H90N24O15Si2/c1-41(91)87(21-23-89-39-49(83-85-89)37-71-53(93)19-17-51(63(99)100)77-59(95)43-9-13-45(14-10-43)69-33-47-35-73-57-55(75-47)61(97)81-65(67)79-57)25-29-103-27-7-31-106(3,4)105-107(5,6)32-8-28-104-30-26-88(42(2)92)22-24-90-40-50(84-86-90)38-72-54(94)20-18-52(64(101)102)78-60(96)44-11-15-46(16-12-44)70-34-48-36-74-58-56(76-48)62(98)82-66(68)80-58/h9-16,35-36,39-40,51-52,69-70H,7-8,17-34,37-38H2,1-6H3,(H,71,93)(H,72,94)(H,77,95)(H,78,96)(H,99,100)(H,101,102)(H3,67,73,79,81,97)(H3,68,74,80,82,98)/t51-,52-/m0/s1. The summed E-state index contributed by atoms with van der Waals surface area (Å²) in [6, 6.07) is 11.6. The minimum Gasteiger partial charge on any atom is -0.492 e. The maximum Gasteiger partial charge on any atom is 0.326 e. The van der Waals surface area contributed by atoms with Gasteiger partial charge in [0.1, 0.15) is 23.5 Å². The van der Waals surface area contributed by atoms with Crippen LogP contribution in [0.15, 0.2) is 73.3 Å². The number of hydrogen-bond acceptors (Lipinski definition) is 29. The molecule has 0 bridgehead atoms. The average molecular weight is 1520 g/mol. The van der Waals surface area contributed by atoms with Gasteiger partial charge in [0.2, 0.25) is 47.3 Å². The fourth-order valence-corrected chi connectivity index (χ4v) is 19.8. The topological polar surface area (TPSA) is 540 Å². The van der Waals surface area contributed by atoms with Gasteiger partial charge in [-0.05, 0) is 112 Å². The van der Waals surface area contributed by atoms with E-state index < -0.39 is 76.0 Å². The molecule has 39 nitrogen and oxygen atoms in total. The van der Waals surface area contributed by atoms with Crippen molar-refractivity contribution in [2.75, 3.05) is 74.7 Å². The number of amides is 6. The number of benzene rings is 2. The predicted octanol–water partition coefficient (Wildman–Crippen LogP) is 2.33. The number of nitrogens with one attached hydrogen (secondary N) is 6. The van der Waals surface area contributed by atoms with Crippen LogP contribution in [0, 0.1) is 0 Å². The van der Waals surface area contributed by atoms with Gasteiger partial charge in [-0.15, -0.1) is 10.2 Å². The van der Waals surface area contributed by atoms with Crippen molar-refractivity contribution in [3.05, 3.63) is 107 Å². The van der Waals surface area contributed by atoms with Crippen LogP contribution in [0.4, 0.5) is 23.3 Å². The number of carboxylic acids is 2. The third-order valence-electron chi connectivity index (χ3n) is 16.6. The molecule has 0 saturated carbocycles. The number of rotatable bonds is 44. The number of anilines is 4. The smallest absolute Gasteiger partial charge is 0.326 e. The maximum absolute atomic E-state index is 13.0. The van der Waals surface area contributed by atoms with Crippen molar-refractivity contribution in [2.24, 2.45) is 0 Å². The van der Waals surface area contributed by atoms with Crippen molar-refractivity contribution in [1.29, 1.82) is 0 Å². The molecule has 41 heteroatoms. The molecule has 2 aromatic carbocycles. The molecule has 0 fully saturated rings. The van der Waals surface area contributed by atoms with Gasteiger partial charge in [0, 0.05) is 88.6 Å². The molecule has 0 aliphatic rings. The summed E-state index contributed by atoms with van der Waals surface area (Å²) in [5.41, 5.74) is 15.0. The van der Waals surface area contributed by atoms with Crippen molar-refractivity contribution in [3.8, 4) is 11.8 Å². The lowest BCUT2D eigenvalue weighted by atomic mass is 10.1. The number of aromatic nitrogens is 14. The lowest BCUT2D eigenvalue weighted by Crippen LogP contribution is -2.44. The molecule has 6 heterocycles. The van der Waals surface area contributed by atoms with Crippen molar-refractivity contribution in [3.63, 3.8) is 0 Å². The Balaban J connectivity index is 0.627. The van der Waals surface area contributed by atoms with E-state index in [9.17, 15) is 58.8 Å². The van der Waals surface area contributed by atoms with Gasteiger partial charge in [0.25, 0.3) is 11.8 Å². The quantitative estimate of drug-likeness (QED) is 0.0193. The number of fused-ring (bicyclic) bond motifs is 2. The molecule has 0 unspecified atom stereocenters. The highest BCUT2D eigenvalue weighted by Gasteiger charge is 2.33. The van der Waals surface area contributed by atoms with E-state index in [1.807, 2.05) is 0 Å². The molecule has 0 spiro atoms. The SMILES string of the molecule is CC(=O)N(CCOCCC[Si](C)(C)O[Si](C)(C)CCCOCCN(CCn1cc(CNC(=O)CC[C@H](NC(=O)c2ccc(NCc3cnc4nc(N)nc(O)c4n3)cc2)C(=O)O)nn1)C(C)=O)CCn1cc(CNC(=O)CC[C@H](NC(=O)c2ccc(NCc3cnc4nc(N)nc(O)c4n3)cc2)C(=O)O)nn1. The van der Waals surface area contributed by atoms with E-state index in [1.54, 1.807) is 55.8 Å². The van der Waals surface area contributed by atoms with Crippen LogP contribution >= 0.6 is 0 Å². The van der Waals surface area contributed by atoms with E-state index in [2.05, 4.69) is 119 Å². The van der Waals surface area contributed by atoms with E-state index in [0.717, 1.165) is 24.9 Å². The number of nitrogen functional groups attached to an aromatic ring is 2. The highest BCUT2D eigenvalue weighted by molar-refractivity contribution is 6.84. The van der Waals surface area contributed by atoms with Crippen molar-refractivity contribution >= 4 is 110 Å². The van der Waals surface area contributed by atoms with E-state index in [0.29, 0.717) is 99.8 Å². The zero-order valence-corrected chi connectivity index (χ0v) is 62.2. The normalized spacial score (nSPS) is 12.1. The second-order valence-electron chi connectivity index (χ2n) is 26.1. The number of ether oxygens (including phenoxy) is 2. The third-order valence-corrected chi connectivity index (χ3v) is 24.1. The summed E-state index contributed by atoms with van der Waals surface area (Å²) < 4.78 is 21.9. The van der Waals surface area contributed by atoms with E-state index in [4.69, 9.17) is 25.1 Å². The second-order valence-corrected chi connectivity index (χ2v) is 35.0. The summed E-state index contributed by atoms with van der Waals surface area (Å²) in [5, 5.41) is 72.9. The molecule has 0 aliphatic carbocycles. The largest absolute Gasteiger partial charge is 0.492 e. The predicted molar refractivity (Wildman–Crippen MR) is 391 cm³/mol. The molecule has 572 valence electrons. The fourth-order valence-electron chi connectivity index (χ4n) is 11.0. The third kappa shape index (κ3) is 26.5. The Kier molecular flexibility index (Phi) is 29.5.